The van der Waals surface area contributed by atoms with Gasteiger partial charge in [-0.25, -0.2) is 4.98 Å². The highest BCUT2D eigenvalue weighted by Crippen LogP contribution is 2.27. The van der Waals surface area contributed by atoms with Crippen LogP contribution in [0.1, 0.15) is 22.6 Å². The van der Waals surface area contributed by atoms with Crippen molar-refractivity contribution >= 4 is 0 Å². The number of hydrogen-bond donors (Lipinski definition) is 1. The Hall–Kier alpha value is -2.35. The second kappa shape index (κ2) is 6.27. The predicted molar refractivity (Wildman–Crippen MR) is 80.7 cm³/mol. The van der Waals surface area contributed by atoms with Crippen LogP contribution in [-0.4, -0.2) is 28.5 Å². The van der Waals surface area contributed by atoms with Crippen molar-refractivity contribution in [3.8, 4) is 5.75 Å². The van der Waals surface area contributed by atoms with E-state index in [-0.39, 0.29) is 12.2 Å². The van der Waals surface area contributed by atoms with Crippen molar-refractivity contribution in [2.75, 3.05) is 13.7 Å². The molecule has 2 aromatic rings. The molecule has 128 valence electrons. The van der Waals surface area contributed by atoms with Crippen LogP contribution in [0.2, 0.25) is 0 Å². The zero-order valence-corrected chi connectivity index (χ0v) is 13.0. The summed E-state index contributed by atoms with van der Waals surface area (Å²) in [5, 5.41) is 0. The van der Waals surface area contributed by atoms with E-state index in [2.05, 4.69) is 4.98 Å². The molecule has 3 rings (SSSR count). The molecule has 1 aromatic carbocycles. The van der Waals surface area contributed by atoms with Crippen molar-refractivity contribution in [1.29, 1.82) is 0 Å². The van der Waals surface area contributed by atoms with Crippen molar-refractivity contribution in [2.45, 2.75) is 25.7 Å². The minimum Gasteiger partial charge on any atom is -0.497 e. The third kappa shape index (κ3) is 3.43. The van der Waals surface area contributed by atoms with Gasteiger partial charge in [-0.15, -0.1) is 0 Å². The molecule has 0 atom stereocenters. The molecule has 8 heteroatoms. The molecule has 0 saturated heterocycles. The van der Waals surface area contributed by atoms with Crippen LogP contribution in [0, 0.1) is 0 Å². The number of aromatic nitrogens is 2. The van der Waals surface area contributed by atoms with Crippen LogP contribution in [0.25, 0.3) is 0 Å². The Morgan fingerprint density at radius 3 is 2.88 bits per heavy atom. The van der Waals surface area contributed by atoms with E-state index in [1.54, 1.807) is 7.11 Å². The van der Waals surface area contributed by atoms with Crippen LogP contribution in [0.4, 0.5) is 13.2 Å². The summed E-state index contributed by atoms with van der Waals surface area (Å²) >= 11 is 0. The van der Waals surface area contributed by atoms with E-state index in [1.165, 1.54) is 0 Å². The Balaban J connectivity index is 1.83. The number of alkyl halides is 3. The second-order valence-corrected chi connectivity index (χ2v) is 5.65. The van der Waals surface area contributed by atoms with Gasteiger partial charge in [0.25, 0.3) is 5.56 Å². The Kier molecular flexibility index (Phi) is 4.31. The van der Waals surface area contributed by atoms with Crippen LogP contribution in [0.15, 0.2) is 29.1 Å². The van der Waals surface area contributed by atoms with Gasteiger partial charge in [0.2, 0.25) is 5.82 Å². The number of fused-ring (bicyclic) bond motifs is 1. The lowest BCUT2D eigenvalue weighted by atomic mass is 10.1. The van der Waals surface area contributed by atoms with E-state index < -0.39 is 17.6 Å². The number of halogens is 3. The zero-order valence-electron chi connectivity index (χ0n) is 13.0. The number of benzene rings is 1. The average Bonchev–Trinajstić information content (AvgIpc) is 2.54. The van der Waals surface area contributed by atoms with E-state index in [0.29, 0.717) is 25.1 Å². The van der Waals surface area contributed by atoms with Crippen molar-refractivity contribution in [3.05, 3.63) is 57.3 Å². The lowest BCUT2D eigenvalue weighted by Gasteiger charge is -2.28. The summed E-state index contributed by atoms with van der Waals surface area (Å²) in [6, 6.07) is 7.48. The third-order valence-corrected chi connectivity index (χ3v) is 3.96. The minimum absolute atomic E-state index is 0.195. The number of rotatable bonds is 3. The number of hydrogen-bond acceptors (Lipinski definition) is 4. The van der Waals surface area contributed by atoms with Gasteiger partial charge in [0.05, 0.1) is 12.8 Å². The number of ether oxygens (including phenoxy) is 1. The van der Waals surface area contributed by atoms with Crippen LogP contribution in [0.5, 0.6) is 5.75 Å². The fourth-order valence-corrected chi connectivity index (χ4v) is 2.79. The van der Waals surface area contributed by atoms with Crippen LogP contribution >= 0.6 is 0 Å². The standard InChI is InChI=1S/C16H16F3N3O2/c1-24-11-4-2-3-10(7-11)8-22-6-5-12-13(9-22)20-15(16(17,18)19)21-14(12)23/h2-4,7H,5-6,8-9H2,1H3,(H,20,21,23). The second-order valence-electron chi connectivity index (χ2n) is 5.65. The first kappa shape index (κ1) is 16.5. The molecule has 0 radical (unpaired) electrons. The topological polar surface area (TPSA) is 58.2 Å². The molecule has 1 aliphatic rings. The Morgan fingerprint density at radius 2 is 2.17 bits per heavy atom. The fourth-order valence-electron chi connectivity index (χ4n) is 2.79. The summed E-state index contributed by atoms with van der Waals surface area (Å²) < 4.78 is 43.6. The van der Waals surface area contributed by atoms with Gasteiger partial charge >= 0.3 is 6.18 Å². The van der Waals surface area contributed by atoms with Gasteiger partial charge in [0.1, 0.15) is 5.75 Å². The molecule has 0 spiro atoms. The van der Waals surface area contributed by atoms with E-state index in [9.17, 15) is 18.0 Å². The quantitative estimate of drug-likeness (QED) is 0.933. The minimum atomic E-state index is -4.66. The van der Waals surface area contributed by atoms with Crippen molar-refractivity contribution in [1.82, 2.24) is 14.9 Å². The summed E-state index contributed by atoms with van der Waals surface area (Å²) in [5.74, 6) is -0.520. The normalized spacial score (nSPS) is 15.2. The van der Waals surface area contributed by atoms with E-state index in [4.69, 9.17) is 4.74 Å². The molecule has 24 heavy (non-hydrogen) atoms. The molecule has 0 aliphatic carbocycles. The highest BCUT2D eigenvalue weighted by molar-refractivity contribution is 5.29. The van der Waals surface area contributed by atoms with Gasteiger partial charge in [0.15, 0.2) is 0 Å². The zero-order chi connectivity index (χ0) is 17.3. The van der Waals surface area contributed by atoms with Gasteiger partial charge in [-0.3, -0.25) is 9.69 Å². The molecule has 0 unspecified atom stereocenters. The molecule has 0 saturated carbocycles. The lowest BCUT2D eigenvalue weighted by Crippen LogP contribution is -2.36. The number of H-pyrrole nitrogens is 1. The van der Waals surface area contributed by atoms with E-state index >= 15 is 0 Å². The number of nitrogens with zero attached hydrogens (tertiary/aromatic N) is 2. The molecule has 1 aromatic heterocycles. The first-order chi connectivity index (χ1) is 11.4. The highest BCUT2D eigenvalue weighted by Gasteiger charge is 2.35. The molecule has 1 aliphatic heterocycles. The maximum Gasteiger partial charge on any atom is 0.449 e. The molecule has 0 fully saturated rings. The molecule has 5 nitrogen and oxygen atoms in total. The van der Waals surface area contributed by atoms with Crippen LogP contribution < -0.4 is 10.3 Å². The van der Waals surface area contributed by atoms with E-state index in [0.717, 1.165) is 11.3 Å². The fraction of sp³-hybridized carbons (Fsp3) is 0.375. The lowest BCUT2D eigenvalue weighted by molar-refractivity contribution is -0.145. The molecule has 0 amide bonds. The summed E-state index contributed by atoms with van der Waals surface area (Å²) in [4.78, 5) is 19.3. The van der Waals surface area contributed by atoms with Gasteiger partial charge in [-0.2, -0.15) is 13.2 Å². The first-order valence-corrected chi connectivity index (χ1v) is 7.41. The van der Waals surface area contributed by atoms with Gasteiger partial charge in [0, 0.05) is 25.2 Å². The van der Waals surface area contributed by atoms with Crippen LogP contribution in [0.3, 0.4) is 0 Å². The molecule has 0 bridgehead atoms. The maximum atomic E-state index is 12.8. The van der Waals surface area contributed by atoms with E-state index in [1.807, 2.05) is 34.1 Å². The van der Waals surface area contributed by atoms with Crippen molar-refractivity contribution in [3.63, 3.8) is 0 Å². The highest BCUT2D eigenvalue weighted by atomic mass is 19.4. The molecule has 2 heterocycles. The predicted octanol–water partition coefficient (Wildman–Crippen LogP) is 2.36. The third-order valence-electron chi connectivity index (χ3n) is 3.96. The Morgan fingerprint density at radius 1 is 1.38 bits per heavy atom. The summed E-state index contributed by atoms with van der Waals surface area (Å²) in [6.07, 6.45) is -4.29. The number of methoxy groups -OCH3 is 1. The summed E-state index contributed by atoms with van der Waals surface area (Å²) in [6.45, 7) is 1.34. The monoisotopic (exact) mass is 339 g/mol. The Labute approximate surface area is 136 Å². The SMILES string of the molecule is COc1cccc(CN2CCc3c(nc(C(F)(F)F)[nH]c3=O)C2)c1. The van der Waals surface area contributed by atoms with Crippen molar-refractivity contribution in [2.24, 2.45) is 0 Å². The maximum absolute atomic E-state index is 12.8. The molecular weight excluding hydrogens is 323 g/mol. The van der Waals surface area contributed by atoms with Crippen LogP contribution in [-0.2, 0) is 25.7 Å². The van der Waals surface area contributed by atoms with Gasteiger partial charge in [-0.1, -0.05) is 12.1 Å². The van der Waals surface area contributed by atoms with Gasteiger partial charge in [-0.05, 0) is 24.1 Å². The average molecular weight is 339 g/mol. The molecule has 1 N–H and O–H groups in total. The summed E-state index contributed by atoms with van der Waals surface area (Å²) in [5.41, 5.74) is 0.817. The Bertz CT molecular complexity index is 802. The number of nitrogens with one attached hydrogen (secondary N) is 1. The smallest absolute Gasteiger partial charge is 0.449 e. The van der Waals surface area contributed by atoms with Crippen molar-refractivity contribution < 1.29 is 17.9 Å². The first-order valence-electron chi connectivity index (χ1n) is 7.41. The van der Waals surface area contributed by atoms with Gasteiger partial charge < -0.3 is 9.72 Å². The number of aromatic amines is 1. The largest absolute Gasteiger partial charge is 0.497 e. The summed E-state index contributed by atoms with van der Waals surface area (Å²) in [7, 11) is 1.57. The molecular formula is C16H16F3N3O2.